The van der Waals surface area contributed by atoms with Gasteiger partial charge in [0.1, 0.15) is 0 Å². The molecule has 0 aromatic heterocycles. The van der Waals surface area contributed by atoms with E-state index < -0.39 is 12.1 Å². The molecule has 16 heavy (non-hydrogen) atoms. The molecule has 2 heterocycles. The minimum atomic E-state index is -1.03. The van der Waals surface area contributed by atoms with Gasteiger partial charge in [0.15, 0.2) is 0 Å². The van der Waals surface area contributed by atoms with Gasteiger partial charge in [-0.3, -0.25) is 0 Å². The first-order chi connectivity index (χ1) is 7.48. The van der Waals surface area contributed by atoms with E-state index in [0.717, 1.165) is 19.6 Å². The zero-order valence-electron chi connectivity index (χ0n) is 8.79. The van der Waals surface area contributed by atoms with Crippen molar-refractivity contribution in [2.24, 2.45) is 11.3 Å². The predicted molar refractivity (Wildman–Crippen MR) is 87.4 cm³/mol. The Balaban J connectivity index is 2.16. The summed E-state index contributed by atoms with van der Waals surface area (Å²) in [6, 6.07) is 2.49. The van der Waals surface area contributed by atoms with Crippen molar-refractivity contribution < 1.29 is 4.79 Å². The van der Waals surface area contributed by atoms with Crippen LogP contribution in [0.1, 0.15) is 6.92 Å². The molecule has 0 bridgehead atoms. The summed E-state index contributed by atoms with van der Waals surface area (Å²) in [5, 5.41) is 9.42. The second kappa shape index (κ2) is 5.00. The molecule has 2 rings (SSSR count). The summed E-state index contributed by atoms with van der Waals surface area (Å²) in [6.45, 7) is 4.88. The molecule has 0 aromatic rings. The molecule has 90 valence electrons. The van der Waals surface area contributed by atoms with Crippen LogP contribution in [0, 0.1) is 22.7 Å². The van der Waals surface area contributed by atoms with E-state index in [-0.39, 0.29) is 11.3 Å². The summed E-state index contributed by atoms with van der Waals surface area (Å²) in [5.41, 5.74) is -0.280. The first kappa shape index (κ1) is 13.5. The Labute approximate surface area is 122 Å². The number of likely N-dealkylation sites (tertiary alicyclic amines) is 1. The average Bonchev–Trinajstić information content (AvgIpc) is 2.70. The minimum absolute atomic E-state index is 0.106. The molecule has 2 aliphatic heterocycles. The van der Waals surface area contributed by atoms with Gasteiger partial charge in [-0.1, -0.05) is 0 Å². The zero-order chi connectivity index (χ0) is 11.9. The molecule has 1 amide bonds. The molecule has 4 nitrogen and oxygen atoms in total. The van der Waals surface area contributed by atoms with E-state index >= 15 is 0 Å². The van der Waals surface area contributed by atoms with Crippen LogP contribution in [0.2, 0.25) is 0 Å². The fourth-order valence-electron chi connectivity index (χ4n) is 2.50. The zero-order valence-corrected chi connectivity index (χ0v) is 15.3. The van der Waals surface area contributed by atoms with Crippen molar-refractivity contribution in [3.8, 4) is 6.07 Å². The summed E-state index contributed by atoms with van der Waals surface area (Å²) in [5.74, 6) is 0.473. The second-order valence-electron chi connectivity index (χ2n) is 4.35. The van der Waals surface area contributed by atoms with E-state index in [0.29, 0.717) is 12.5 Å². The summed E-state index contributed by atoms with van der Waals surface area (Å²) in [6.07, 6.45) is 0. The summed E-state index contributed by atoms with van der Waals surface area (Å²) < 4.78 is 2.48. The number of hydrogen-bond acceptors (Lipinski definition) is 3. The molecule has 2 aliphatic rings. The molecule has 2 saturated heterocycles. The van der Waals surface area contributed by atoms with Crippen molar-refractivity contribution in [3.05, 3.63) is 0 Å². The Kier molecular flexibility index (Phi) is 4.23. The number of halogens is 3. The van der Waals surface area contributed by atoms with Crippen LogP contribution >= 0.6 is 49.4 Å². The Morgan fingerprint density at radius 3 is 2.62 bits per heavy atom. The van der Waals surface area contributed by atoms with Crippen molar-refractivity contribution in [1.82, 2.24) is 8.01 Å². The van der Waals surface area contributed by atoms with Crippen LogP contribution in [0.15, 0.2) is 0 Å². The molecule has 2 fully saturated rings. The van der Waals surface area contributed by atoms with Crippen molar-refractivity contribution in [2.45, 2.75) is 6.92 Å². The molecular weight excluding hydrogens is 547 g/mol. The van der Waals surface area contributed by atoms with Crippen LogP contribution in [-0.2, 0) is 4.79 Å². The van der Waals surface area contributed by atoms with Crippen molar-refractivity contribution in [3.63, 3.8) is 0 Å². The topological polar surface area (TPSA) is 47.3 Å². The summed E-state index contributed by atoms with van der Waals surface area (Å²) in [4.78, 5) is 13.2. The van der Waals surface area contributed by atoms with Gasteiger partial charge in [-0.15, -0.1) is 0 Å². The van der Waals surface area contributed by atoms with Gasteiger partial charge in [0, 0.05) is 0 Å². The van der Waals surface area contributed by atoms with Gasteiger partial charge in [-0.2, -0.15) is 0 Å². The van der Waals surface area contributed by atoms with Gasteiger partial charge in [0.05, 0.1) is 0 Å². The SMILES string of the molecule is CC(=O)N1CC2CN(I(I)I)C[C@@]2(C#N)C1. The van der Waals surface area contributed by atoms with E-state index in [1.54, 1.807) is 6.92 Å². The number of hydrogen-bond donors (Lipinski definition) is 0. The molecule has 0 aliphatic carbocycles. The molecule has 0 N–H and O–H groups in total. The Hall–Kier alpha value is 1.11. The van der Waals surface area contributed by atoms with Gasteiger partial charge in [-0.25, -0.2) is 0 Å². The first-order valence-electron chi connectivity index (χ1n) is 4.93. The van der Waals surface area contributed by atoms with Crippen LogP contribution in [0.3, 0.4) is 0 Å². The van der Waals surface area contributed by atoms with Gasteiger partial charge >= 0.3 is 124 Å². The third-order valence-corrected chi connectivity index (χ3v) is 12.1. The molecular formula is C9H12I3N3O. The van der Waals surface area contributed by atoms with Crippen LogP contribution in [-0.4, -0.2) is 40.1 Å². The van der Waals surface area contributed by atoms with Crippen molar-refractivity contribution in [1.29, 1.82) is 5.26 Å². The maximum absolute atomic E-state index is 11.4. The van der Waals surface area contributed by atoms with Gasteiger partial charge < -0.3 is 0 Å². The van der Waals surface area contributed by atoms with Crippen LogP contribution in [0.5, 0.6) is 0 Å². The number of fused-ring (bicyclic) bond motifs is 1. The maximum atomic E-state index is 11.4. The molecule has 0 spiro atoms. The van der Waals surface area contributed by atoms with Crippen LogP contribution < -0.4 is 0 Å². The Morgan fingerprint density at radius 2 is 2.19 bits per heavy atom. The van der Waals surface area contributed by atoms with Crippen LogP contribution in [0.25, 0.3) is 0 Å². The van der Waals surface area contributed by atoms with E-state index in [2.05, 4.69) is 46.4 Å². The van der Waals surface area contributed by atoms with Gasteiger partial charge in [-0.05, 0) is 0 Å². The molecule has 1 unspecified atom stereocenters. The standard InChI is InChI=1S/C9H12I3N3O/c1-7(16)14-2-8-3-15(12(10)11)6-9(8,4-13)5-14/h8H,2-3,5-6H2,1H3/t8?,9-/m1/s1. The Bertz CT molecular complexity index is 356. The number of rotatable bonds is 1. The molecule has 0 saturated carbocycles. The molecule has 7 heteroatoms. The van der Waals surface area contributed by atoms with E-state index in [9.17, 15) is 10.1 Å². The van der Waals surface area contributed by atoms with E-state index in [1.165, 1.54) is 0 Å². The van der Waals surface area contributed by atoms with Gasteiger partial charge in [0.2, 0.25) is 0 Å². The average molecular weight is 559 g/mol. The van der Waals surface area contributed by atoms with Gasteiger partial charge in [0.25, 0.3) is 0 Å². The van der Waals surface area contributed by atoms with E-state index in [4.69, 9.17) is 0 Å². The summed E-state index contributed by atoms with van der Waals surface area (Å²) >= 11 is 4.02. The number of carbonyl (C=O) groups excluding carboxylic acids is 1. The molecule has 0 radical (unpaired) electrons. The fourth-order valence-corrected chi connectivity index (χ4v) is 7.86. The monoisotopic (exact) mass is 559 g/mol. The quantitative estimate of drug-likeness (QED) is 0.367. The first-order valence-corrected chi connectivity index (χ1v) is 18.5. The fraction of sp³-hybridized carbons (Fsp3) is 0.778. The molecule has 0 aromatic carbocycles. The number of carbonyl (C=O) groups is 1. The van der Waals surface area contributed by atoms with Crippen LogP contribution in [0.4, 0.5) is 0 Å². The van der Waals surface area contributed by atoms with Crippen molar-refractivity contribution >= 4 is 55.3 Å². The number of amides is 1. The molecule has 2 atom stereocenters. The second-order valence-corrected chi connectivity index (χ2v) is 27.6. The normalized spacial score (nSPS) is 34.8. The predicted octanol–water partition coefficient (Wildman–Crippen LogP) is 2.41. The number of nitriles is 1. The van der Waals surface area contributed by atoms with E-state index in [1.807, 2.05) is 4.90 Å². The Morgan fingerprint density at radius 1 is 1.50 bits per heavy atom. The third-order valence-electron chi connectivity index (χ3n) is 3.42. The number of nitrogens with zero attached hydrogens (tertiary/aromatic N) is 3. The third kappa shape index (κ3) is 2.31. The van der Waals surface area contributed by atoms with Crippen molar-refractivity contribution in [2.75, 3.05) is 26.2 Å². The summed E-state index contributed by atoms with van der Waals surface area (Å²) in [7, 11) is 0.